The molecular weight excluding hydrogens is 266 g/mol. The number of methoxy groups -OCH3 is 1. The van der Waals surface area contributed by atoms with Crippen LogP contribution in [0.3, 0.4) is 0 Å². The van der Waals surface area contributed by atoms with E-state index in [0.717, 1.165) is 0 Å². The third kappa shape index (κ3) is 1.65. The van der Waals surface area contributed by atoms with Crippen LogP contribution in [0.25, 0.3) is 5.65 Å². The molecule has 2 aromatic heterocycles. The Bertz CT molecular complexity index is 586. The van der Waals surface area contributed by atoms with E-state index in [1.807, 2.05) is 0 Å². The zero-order chi connectivity index (χ0) is 11.0. The van der Waals surface area contributed by atoms with Crippen LogP contribution in [0.2, 0.25) is 0 Å². The predicted octanol–water partition coefficient (Wildman–Crippen LogP) is 0.572. The first-order chi connectivity index (χ1) is 7.11. The van der Waals surface area contributed by atoms with Gasteiger partial charge in [-0.1, -0.05) is 0 Å². The summed E-state index contributed by atoms with van der Waals surface area (Å²) in [5.74, 6) is -0.479. The molecule has 15 heavy (non-hydrogen) atoms. The second-order valence-corrected chi connectivity index (χ2v) is 3.65. The number of aromatic nitrogens is 3. The first-order valence-electron chi connectivity index (χ1n) is 3.98. The van der Waals surface area contributed by atoms with E-state index >= 15 is 0 Å². The first kappa shape index (κ1) is 9.91. The fourth-order valence-electron chi connectivity index (χ4n) is 1.20. The van der Waals surface area contributed by atoms with Crippen molar-refractivity contribution in [3.05, 3.63) is 32.8 Å². The van der Waals surface area contributed by atoms with Gasteiger partial charge in [0.2, 0.25) is 0 Å². The minimum atomic E-state index is -0.479. The number of ether oxygens (including phenoxy) is 1. The average molecular weight is 272 g/mol. The lowest BCUT2D eigenvalue weighted by molar-refractivity contribution is 0.0600. The lowest BCUT2D eigenvalue weighted by atomic mass is 10.3. The molecule has 78 valence electrons. The molecule has 7 heteroatoms. The van der Waals surface area contributed by atoms with Crippen LogP contribution in [0.4, 0.5) is 0 Å². The van der Waals surface area contributed by atoms with Crippen LogP contribution in [0.1, 0.15) is 10.4 Å². The number of fused-ring (bicyclic) bond motifs is 1. The third-order valence-corrected chi connectivity index (χ3v) is 2.42. The molecule has 0 atom stereocenters. The average Bonchev–Trinajstić information content (AvgIpc) is 2.58. The largest absolute Gasteiger partial charge is 0.465 e. The Hall–Kier alpha value is -1.63. The number of hydrogen-bond donors (Lipinski definition) is 1. The highest BCUT2D eigenvalue weighted by Crippen LogP contribution is 2.16. The van der Waals surface area contributed by atoms with Gasteiger partial charge in [-0.2, -0.15) is 4.98 Å². The number of pyridine rings is 1. The second-order valence-electron chi connectivity index (χ2n) is 2.79. The van der Waals surface area contributed by atoms with Crippen LogP contribution in [0, 0.1) is 0 Å². The number of nitrogens with one attached hydrogen (secondary N) is 1. The third-order valence-electron chi connectivity index (χ3n) is 1.84. The maximum atomic E-state index is 11.2. The Morgan fingerprint density at radius 2 is 2.40 bits per heavy atom. The molecule has 0 aliphatic rings. The fourth-order valence-corrected chi connectivity index (χ4v) is 1.73. The Balaban J connectivity index is 2.71. The standard InChI is InChI=1S/C8H6BrN3O3/c1-15-7(13)4-2-5(9)6-10-8(14)11-12(6)3-4/h2-3H,1H3,(H,11,14). The van der Waals surface area contributed by atoms with Crippen LogP contribution < -0.4 is 5.69 Å². The van der Waals surface area contributed by atoms with Crippen molar-refractivity contribution >= 4 is 27.5 Å². The quantitative estimate of drug-likeness (QED) is 0.770. The molecule has 2 rings (SSSR count). The Labute approximate surface area is 92.0 Å². The smallest absolute Gasteiger partial charge is 0.362 e. The number of carbonyl (C=O) groups is 1. The number of hydrogen-bond acceptors (Lipinski definition) is 4. The van der Waals surface area contributed by atoms with Crippen molar-refractivity contribution in [1.29, 1.82) is 0 Å². The summed E-state index contributed by atoms with van der Waals surface area (Å²) >= 11 is 3.21. The summed E-state index contributed by atoms with van der Waals surface area (Å²) in [6, 6.07) is 1.54. The van der Waals surface area contributed by atoms with Crippen LogP contribution >= 0.6 is 15.9 Å². The highest BCUT2D eigenvalue weighted by atomic mass is 79.9. The van der Waals surface area contributed by atoms with Crippen LogP contribution in [-0.2, 0) is 4.74 Å². The van der Waals surface area contributed by atoms with Gasteiger partial charge in [-0.3, -0.25) is 0 Å². The van der Waals surface area contributed by atoms with Crippen molar-refractivity contribution in [2.45, 2.75) is 0 Å². The number of halogens is 1. The minimum absolute atomic E-state index is 0.325. The molecule has 0 fully saturated rings. The highest BCUT2D eigenvalue weighted by Gasteiger charge is 2.11. The molecule has 0 saturated carbocycles. The van der Waals surface area contributed by atoms with E-state index < -0.39 is 11.7 Å². The number of nitrogens with zero attached hydrogens (tertiary/aromatic N) is 2. The number of aromatic amines is 1. The zero-order valence-corrected chi connectivity index (χ0v) is 9.24. The van der Waals surface area contributed by atoms with Crippen molar-refractivity contribution in [3.8, 4) is 0 Å². The molecule has 0 bridgehead atoms. The molecule has 0 saturated heterocycles. The van der Waals surface area contributed by atoms with Crippen LogP contribution in [-0.4, -0.2) is 27.7 Å². The molecule has 2 heterocycles. The summed E-state index contributed by atoms with van der Waals surface area (Å²) in [6.07, 6.45) is 1.44. The number of rotatable bonds is 1. The monoisotopic (exact) mass is 271 g/mol. The van der Waals surface area contributed by atoms with Gasteiger partial charge in [0.25, 0.3) is 0 Å². The summed E-state index contributed by atoms with van der Waals surface area (Å²) in [6.45, 7) is 0. The molecule has 0 aliphatic carbocycles. The summed E-state index contributed by atoms with van der Waals surface area (Å²) in [4.78, 5) is 25.9. The second kappa shape index (κ2) is 3.50. The lowest BCUT2D eigenvalue weighted by Gasteiger charge is -2.01. The Kier molecular flexibility index (Phi) is 2.31. The molecule has 0 aromatic carbocycles. The fraction of sp³-hybridized carbons (Fsp3) is 0.125. The van der Waals surface area contributed by atoms with E-state index in [1.165, 1.54) is 17.8 Å². The Morgan fingerprint density at radius 3 is 3.07 bits per heavy atom. The van der Waals surface area contributed by atoms with Crippen molar-refractivity contribution in [1.82, 2.24) is 14.6 Å². The van der Waals surface area contributed by atoms with E-state index in [1.54, 1.807) is 6.07 Å². The topological polar surface area (TPSA) is 76.5 Å². The molecule has 0 unspecified atom stereocenters. The number of carbonyl (C=O) groups excluding carboxylic acids is 1. The Morgan fingerprint density at radius 1 is 1.67 bits per heavy atom. The normalized spacial score (nSPS) is 10.5. The van der Waals surface area contributed by atoms with E-state index in [2.05, 4.69) is 30.7 Å². The maximum Gasteiger partial charge on any atom is 0.362 e. The van der Waals surface area contributed by atoms with Crippen molar-refractivity contribution in [3.63, 3.8) is 0 Å². The van der Waals surface area contributed by atoms with Gasteiger partial charge in [-0.25, -0.2) is 19.2 Å². The van der Waals surface area contributed by atoms with Gasteiger partial charge in [0.05, 0.1) is 17.1 Å². The van der Waals surface area contributed by atoms with Gasteiger partial charge in [0, 0.05) is 6.20 Å². The summed E-state index contributed by atoms with van der Waals surface area (Å²) in [5, 5.41) is 2.43. The molecule has 0 radical (unpaired) electrons. The predicted molar refractivity (Wildman–Crippen MR) is 54.9 cm³/mol. The molecular formula is C8H6BrN3O3. The van der Waals surface area contributed by atoms with Gasteiger partial charge in [-0.05, 0) is 22.0 Å². The van der Waals surface area contributed by atoms with E-state index in [-0.39, 0.29) is 0 Å². The molecule has 0 amide bonds. The highest BCUT2D eigenvalue weighted by molar-refractivity contribution is 9.10. The zero-order valence-electron chi connectivity index (χ0n) is 7.65. The van der Waals surface area contributed by atoms with Gasteiger partial charge < -0.3 is 4.74 Å². The van der Waals surface area contributed by atoms with Crippen LogP contribution in [0.5, 0.6) is 0 Å². The van der Waals surface area contributed by atoms with E-state index in [0.29, 0.717) is 15.7 Å². The van der Waals surface area contributed by atoms with Gasteiger partial charge in [0.1, 0.15) is 0 Å². The van der Waals surface area contributed by atoms with Gasteiger partial charge >= 0.3 is 11.7 Å². The molecule has 1 N–H and O–H groups in total. The molecule has 0 aliphatic heterocycles. The van der Waals surface area contributed by atoms with Gasteiger partial charge in [-0.15, -0.1) is 0 Å². The van der Waals surface area contributed by atoms with E-state index in [4.69, 9.17) is 0 Å². The number of esters is 1. The SMILES string of the molecule is COC(=O)c1cc(Br)c2nc(=O)[nH]n2c1. The molecule has 6 nitrogen and oxygen atoms in total. The summed E-state index contributed by atoms with van der Waals surface area (Å²) in [5.41, 5.74) is 0.274. The maximum absolute atomic E-state index is 11.2. The summed E-state index contributed by atoms with van der Waals surface area (Å²) in [7, 11) is 1.29. The summed E-state index contributed by atoms with van der Waals surface area (Å²) < 4.78 is 6.47. The van der Waals surface area contributed by atoms with E-state index in [9.17, 15) is 9.59 Å². The molecule has 0 spiro atoms. The first-order valence-corrected chi connectivity index (χ1v) is 4.77. The number of H-pyrrole nitrogens is 1. The minimum Gasteiger partial charge on any atom is -0.465 e. The molecule has 2 aromatic rings. The van der Waals surface area contributed by atoms with Gasteiger partial charge in [0.15, 0.2) is 5.65 Å². The van der Waals surface area contributed by atoms with Crippen molar-refractivity contribution < 1.29 is 9.53 Å². The van der Waals surface area contributed by atoms with Crippen LogP contribution in [0.15, 0.2) is 21.5 Å². The van der Waals surface area contributed by atoms with Crippen molar-refractivity contribution in [2.75, 3.05) is 7.11 Å². The lowest BCUT2D eigenvalue weighted by Crippen LogP contribution is -2.05. The van der Waals surface area contributed by atoms with Crippen molar-refractivity contribution in [2.24, 2.45) is 0 Å².